The maximum atomic E-state index is 13.0. The molecular formula is C18H28N6O3S. The van der Waals surface area contributed by atoms with Crippen LogP contribution in [0.4, 0.5) is 5.82 Å². The molecule has 9 nitrogen and oxygen atoms in total. The highest BCUT2D eigenvalue weighted by Gasteiger charge is 2.29. The molecule has 3 heterocycles. The highest BCUT2D eigenvalue weighted by molar-refractivity contribution is 7.89. The molecule has 0 bridgehead atoms. The Morgan fingerprint density at radius 3 is 2.54 bits per heavy atom. The number of hydrogen-bond donors (Lipinski definition) is 1. The number of aromatic nitrogens is 3. The fourth-order valence-electron chi connectivity index (χ4n) is 3.35. The van der Waals surface area contributed by atoms with Crippen molar-refractivity contribution in [3.8, 4) is 0 Å². The topological polar surface area (TPSA) is 104 Å². The Kier molecular flexibility index (Phi) is 6.01. The minimum atomic E-state index is -3.74. The standard InChI is InChI=1S/C18H28N6O3S/c1-12-17(13(2)27-22-12)28(25,26)24(5)11-14-10-16(23(3)4)21-18(20-14)15-8-6-7-9-19-15/h10,15,19H,6-9,11H2,1-5H3. The Labute approximate surface area is 166 Å². The van der Waals surface area contributed by atoms with E-state index < -0.39 is 10.0 Å². The van der Waals surface area contributed by atoms with Gasteiger partial charge in [-0.1, -0.05) is 11.6 Å². The van der Waals surface area contributed by atoms with Gasteiger partial charge in [0.2, 0.25) is 10.0 Å². The normalized spacial score (nSPS) is 17.9. The first-order valence-electron chi connectivity index (χ1n) is 9.38. The zero-order valence-corrected chi connectivity index (χ0v) is 17.9. The lowest BCUT2D eigenvalue weighted by atomic mass is 10.0. The molecule has 1 unspecified atom stereocenters. The van der Waals surface area contributed by atoms with Gasteiger partial charge in [0.25, 0.3) is 0 Å². The number of aryl methyl sites for hydroxylation is 2. The molecule has 0 saturated carbocycles. The molecule has 1 atom stereocenters. The van der Waals surface area contributed by atoms with E-state index in [1.165, 1.54) is 11.4 Å². The molecule has 0 spiro atoms. The average molecular weight is 409 g/mol. The number of piperidine rings is 1. The summed E-state index contributed by atoms with van der Waals surface area (Å²) in [6.07, 6.45) is 3.25. The van der Waals surface area contributed by atoms with E-state index in [-0.39, 0.29) is 23.2 Å². The van der Waals surface area contributed by atoms with Crippen LogP contribution in [0.1, 0.15) is 48.3 Å². The molecule has 1 N–H and O–H groups in total. The van der Waals surface area contributed by atoms with Crippen molar-refractivity contribution in [2.45, 2.75) is 50.6 Å². The van der Waals surface area contributed by atoms with Crippen LogP contribution in [0.25, 0.3) is 0 Å². The summed E-state index contributed by atoms with van der Waals surface area (Å²) in [4.78, 5) is 11.4. The van der Waals surface area contributed by atoms with Crippen LogP contribution in [-0.4, -0.2) is 55.5 Å². The Bertz CT molecular complexity index is 915. The van der Waals surface area contributed by atoms with Gasteiger partial charge >= 0.3 is 0 Å². The summed E-state index contributed by atoms with van der Waals surface area (Å²) in [5.41, 5.74) is 1.01. The van der Waals surface area contributed by atoms with E-state index in [0.717, 1.165) is 31.6 Å². The minimum absolute atomic E-state index is 0.0943. The smallest absolute Gasteiger partial charge is 0.248 e. The third-order valence-electron chi connectivity index (χ3n) is 4.88. The van der Waals surface area contributed by atoms with Crippen molar-refractivity contribution in [3.05, 3.63) is 29.0 Å². The highest BCUT2D eigenvalue weighted by atomic mass is 32.2. The Hall–Kier alpha value is -2.04. The van der Waals surface area contributed by atoms with Crippen LogP contribution < -0.4 is 10.2 Å². The molecule has 10 heteroatoms. The first kappa shape index (κ1) is 20.7. The summed E-state index contributed by atoms with van der Waals surface area (Å²) in [5, 5.41) is 7.22. The summed E-state index contributed by atoms with van der Waals surface area (Å²) in [6.45, 7) is 4.30. The molecule has 0 radical (unpaired) electrons. The fraction of sp³-hybridized carbons (Fsp3) is 0.611. The second-order valence-corrected chi connectivity index (χ2v) is 9.37. The second-order valence-electron chi connectivity index (χ2n) is 7.39. The van der Waals surface area contributed by atoms with Crippen LogP contribution >= 0.6 is 0 Å². The lowest BCUT2D eigenvalue weighted by Gasteiger charge is -2.24. The van der Waals surface area contributed by atoms with E-state index in [4.69, 9.17) is 4.52 Å². The van der Waals surface area contributed by atoms with Gasteiger partial charge in [0.15, 0.2) is 5.76 Å². The van der Waals surface area contributed by atoms with E-state index in [0.29, 0.717) is 17.2 Å². The van der Waals surface area contributed by atoms with E-state index in [9.17, 15) is 8.42 Å². The van der Waals surface area contributed by atoms with E-state index in [1.54, 1.807) is 13.8 Å². The first-order valence-corrected chi connectivity index (χ1v) is 10.8. The van der Waals surface area contributed by atoms with Gasteiger partial charge in [-0.25, -0.2) is 18.4 Å². The Morgan fingerprint density at radius 1 is 1.21 bits per heavy atom. The average Bonchev–Trinajstić information content (AvgIpc) is 3.01. The van der Waals surface area contributed by atoms with Gasteiger partial charge in [0.1, 0.15) is 22.2 Å². The zero-order chi connectivity index (χ0) is 20.5. The highest BCUT2D eigenvalue weighted by Crippen LogP contribution is 2.25. The van der Waals surface area contributed by atoms with E-state index >= 15 is 0 Å². The minimum Gasteiger partial charge on any atom is -0.363 e. The summed E-state index contributed by atoms with van der Waals surface area (Å²) < 4.78 is 32.3. The summed E-state index contributed by atoms with van der Waals surface area (Å²) in [6, 6.07) is 1.92. The molecule has 0 amide bonds. The molecular weight excluding hydrogens is 380 g/mol. The van der Waals surface area contributed by atoms with Gasteiger partial charge in [-0.15, -0.1) is 0 Å². The van der Waals surface area contributed by atoms with Crippen LogP contribution in [0.5, 0.6) is 0 Å². The molecule has 154 valence electrons. The number of nitrogens with zero attached hydrogens (tertiary/aromatic N) is 5. The molecule has 28 heavy (non-hydrogen) atoms. The predicted octanol–water partition coefficient (Wildman–Crippen LogP) is 1.78. The van der Waals surface area contributed by atoms with Crippen LogP contribution in [-0.2, 0) is 16.6 Å². The molecule has 0 aliphatic carbocycles. The summed E-state index contributed by atoms with van der Waals surface area (Å²) >= 11 is 0. The van der Waals surface area contributed by atoms with Gasteiger partial charge in [0.05, 0.1) is 18.3 Å². The zero-order valence-electron chi connectivity index (χ0n) is 17.1. The molecule has 3 rings (SSSR count). The maximum absolute atomic E-state index is 13.0. The third kappa shape index (κ3) is 4.18. The molecule has 1 aliphatic rings. The van der Waals surface area contributed by atoms with Crippen LogP contribution in [0.2, 0.25) is 0 Å². The summed E-state index contributed by atoms with van der Waals surface area (Å²) in [5.74, 6) is 1.76. The second kappa shape index (κ2) is 8.14. The quantitative estimate of drug-likeness (QED) is 0.771. The maximum Gasteiger partial charge on any atom is 0.248 e. The number of hydrogen-bond acceptors (Lipinski definition) is 8. The van der Waals surface area contributed by atoms with Crippen LogP contribution in [0.3, 0.4) is 0 Å². The largest absolute Gasteiger partial charge is 0.363 e. The Balaban J connectivity index is 1.91. The Morgan fingerprint density at radius 2 is 1.96 bits per heavy atom. The first-order chi connectivity index (χ1) is 13.2. The molecule has 1 saturated heterocycles. The molecule has 2 aromatic heterocycles. The van der Waals surface area contributed by atoms with Crippen molar-refractivity contribution in [3.63, 3.8) is 0 Å². The fourth-order valence-corrected chi connectivity index (χ4v) is 4.78. The summed E-state index contributed by atoms with van der Waals surface area (Å²) in [7, 11) is 1.62. The van der Waals surface area contributed by atoms with Crippen LogP contribution in [0, 0.1) is 13.8 Å². The number of anilines is 1. The monoisotopic (exact) mass is 408 g/mol. The number of sulfonamides is 1. The van der Waals surface area contributed by atoms with Crippen molar-refractivity contribution >= 4 is 15.8 Å². The van der Waals surface area contributed by atoms with Gasteiger partial charge in [-0.3, -0.25) is 0 Å². The van der Waals surface area contributed by atoms with Gasteiger partial charge in [0, 0.05) is 27.2 Å². The van der Waals surface area contributed by atoms with Gasteiger partial charge < -0.3 is 14.7 Å². The molecule has 0 aromatic carbocycles. The van der Waals surface area contributed by atoms with Crippen molar-refractivity contribution in [2.24, 2.45) is 0 Å². The van der Waals surface area contributed by atoms with Gasteiger partial charge in [-0.05, 0) is 33.2 Å². The molecule has 1 aliphatic heterocycles. The van der Waals surface area contributed by atoms with Crippen molar-refractivity contribution in [1.29, 1.82) is 0 Å². The number of rotatable bonds is 6. The van der Waals surface area contributed by atoms with Crippen molar-refractivity contribution in [2.75, 3.05) is 32.6 Å². The van der Waals surface area contributed by atoms with E-state index in [1.807, 2.05) is 25.1 Å². The SMILES string of the molecule is Cc1noc(C)c1S(=O)(=O)N(C)Cc1cc(N(C)C)nc(C2CCCCN2)n1. The lowest BCUT2D eigenvalue weighted by molar-refractivity contribution is 0.389. The molecule has 2 aromatic rings. The number of nitrogens with one attached hydrogen (secondary N) is 1. The van der Waals surface area contributed by atoms with Gasteiger partial charge in [-0.2, -0.15) is 4.31 Å². The third-order valence-corrected chi connectivity index (χ3v) is 6.93. The lowest BCUT2D eigenvalue weighted by Crippen LogP contribution is -2.31. The van der Waals surface area contributed by atoms with Crippen LogP contribution in [0.15, 0.2) is 15.5 Å². The van der Waals surface area contributed by atoms with Crippen molar-refractivity contribution < 1.29 is 12.9 Å². The van der Waals surface area contributed by atoms with Crippen molar-refractivity contribution in [1.82, 2.24) is 24.7 Å². The predicted molar refractivity (Wildman–Crippen MR) is 106 cm³/mol. The van der Waals surface area contributed by atoms with E-state index in [2.05, 4.69) is 20.4 Å². The molecule has 1 fully saturated rings.